The molecule has 2 N–H and O–H groups in total. The molecule has 1 heterocycles. The quantitative estimate of drug-likeness (QED) is 0.826. The van der Waals surface area contributed by atoms with Crippen molar-refractivity contribution in [3.05, 3.63) is 28.7 Å². The van der Waals surface area contributed by atoms with E-state index in [9.17, 15) is 4.79 Å². The summed E-state index contributed by atoms with van der Waals surface area (Å²) in [7, 11) is 0. The van der Waals surface area contributed by atoms with E-state index in [-0.39, 0.29) is 5.91 Å². The molecule has 1 aliphatic heterocycles. The molecule has 1 aromatic rings. The van der Waals surface area contributed by atoms with Crippen LogP contribution in [0.15, 0.2) is 28.7 Å². The van der Waals surface area contributed by atoms with Gasteiger partial charge in [0.05, 0.1) is 6.54 Å². The second kappa shape index (κ2) is 8.51. The number of likely N-dealkylation sites (tertiary alicyclic amines) is 1. The summed E-state index contributed by atoms with van der Waals surface area (Å²) in [6.07, 6.45) is 3.95. The number of anilines is 1. The van der Waals surface area contributed by atoms with Gasteiger partial charge in [-0.1, -0.05) is 22.4 Å². The van der Waals surface area contributed by atoms with Crippen molar-refractivity contribution in [2.75, 3.05) is 31.5 Å². The van der Waals surface area contributed by atoms with E-state index in [2.05, 4.69) is 38.4 Å². The average Bonchev–Trinajstić information content (AvgIpc) is 2.50. The van der Waals surface area contributed by atoms with Crippen LogP contribution in [-0.2, 0) is 4.79 Å². The Labute approximate surface area is 135 Å². The normalized spacial score (nSPS) is 17.4. The number of carbonyl (C=O) groups is 1. The highest BCUT2D eigenvalue weighted by atomic mass is 79.9. The Morgan fingerprint density at radius 1 is 1.24 bits per heavy atom. The maximum Gasteiger partial charge on any atom is 0.238 e. The van der Waals surface area contributed by atoms with Crippen LogP contribution in [0.25, 0.3) is 0 Å². The number of piperidine rings is 1. The minimum absolute atomic E-state index is 0.00293. The summed E-state index contributed by atoms with van der Waals surface area (Å²) in [5.74, 6) is 0.00293. The molecule has 0 saturated carbocycles. The third-order valence-corrected chi connectivity index (χ3v) is 4.40. The van der Waals surface area contributed by atoms with Gasteiger partial charge in [0.25, 0.3) is 0 Å². The Morgan fingerprint density at radius 3 is 2.57 bits per heavy atom. The molecule has 0 spiro atoms. The van der Waals surface area contributed by atoms with E-state index in [1.54, 1.807) is 0 Å². The van der Waals surface area contributed by atoms with Crippen LogP contribution in [0.2, 0.25) is 0 Å². The Hall–Kier alpha value is -0.910. The molecule has 0 aromatic heterocycles. The van der Waals surface area contributed by atoms with Crippen LogP contribution in [0.3, 0.4) is 0 Å². The van der Waals surface area contributed by atoms with Gasteiger partial charge in [-0.05, 0) is 57.1 Å². The zero-order chi connectivity index (χ0) is 15.1. The molecular formula is C16H24BrN3O. The lowest BCUT2D eigenvalue weighted by Crippen LogP contribution is -2.44. The third-order valence-electron chi connectivity index (χ3n) is 3.87. The molecule has 1 aliphatic rings. The van der Waals surface area contributed by atoms with Crippen LogP contribution in [-0.4, -0.2) is 43.0 Å². The number of rotatable bonds is 6. The van der Waals surface area contributed by atoms with E-state index in [4.69, 9.17) is 0 Å². The average molecular weight is 354 g/mol. The number of amides is 1. The third kappa shape index (κ3) is 5.77. The van der Waals surface area contributed by atoms with Crippen molar-refractivity contribution in [1.82, 2.24) is 10.2 Å². The Bertz CT molecular complexity index is 443. The van der Waals surface area contributed by atoms with Gasteiger partial charge in [0, 0.05) is 22.7 Å². The first kappa shape index (κ1) is 16.5. The summed E-state index contributed by atoms with van der Waals surface area (Å²) in [5.41, 5.74) is 0.828. The van der Waals surface area contributed by atoms with Crippen LogP contribution in [0.1, 0.15) is 26.2 Å². The molecule has 1 fully saturated rings. The van der Waals surface area contributed by atoms with Crippen molar-refractivity contribution >= 4 is 27.5 Å². The van der Waals surface area contributed by atoms with Crippen LogP contribution in [0.4, 0.5) is 5.69 Å². The SMILES string of the molecule is CC(CNCC(=O)Nc1ccc(Br)cc1)N1CCCCC1. The van der Waals surface area contributed by atoms with E-state index in [0.29, 0.717) is 12.6 Å². The van der Waals surface area contributed by atoms with Gasteiger partial charge in [-0.25, -0.2) is 0 Å². The molecule has 0 aliphatic carbocycles. The smallest absolute Gasteiger partial charge is 0.238 e. The summed E-state index contributed by atoms with van der Waals surface area (Å²) >= 11 is 3.38. The monoisotopic (exact) mass is 353 g/mol. The van der Waals surface area contributed by atoms with Crippen LogP contribution >= 0.6 is 15.9 Å². The summed E-state index contributed by atoms with van der Waals surface area (Å²) < 4.78 is 1.01. The summed E-state index contributed by atoms with van der Waals surface area (Å²) in [5, 5.41) is 6.14. The van der Waals surface area contributed by atoms with E-state index < -0.39 is 0 Å². The highest BCUT2D eigenvalue weighted by molar-refractivity contribution is 9.10. The maximum absolute atomic E-state index is 11.9. The minimum atomic E-state index is 0.00293. The Balaban J connectivity index is 1.65. The van der Waals surface area contributed by atoms with Gasteiger partial charge in [0.2, 0.25) is 5.91 Å². The number of hydrogen-bond acceptors (Lipinski definition) is 3. The highest BCUT2D eigenvalue weighted by Crippen LogP contribution is 2.14. The van der Waals surface area contributed by atoms with Gasteiger partial charge in [-0.15, -0.1) is 0 Å². The second-order valence-electron chi connectivity index (χ2n) is 5.63. The fourth-order valence-corrected chi connectivity index (χ4v) is 2.89. The summed E-state index contributed by atoms with van der Waals surface area (Å²) in [6, 6.07) is 8.10. The van der Waals surface area contributed by atoms with Crippen molar-refractivity contribution < 1.29 is 4.79 Å². The van der Waals surface area contributed by atoms with Crippen LogP contribution < -0.4 is 10.6 Å². The fourth-order valence-electron chi connectivity index (χ4n) is 2.62. The van der Waals surface area contributed by atoms with Gasteiger partial charge in [-0.2, -0.15) is 0 Å². The second-order valence-corrected chi connectivity index (χ2v) is 6.55. The number of hydrogen-bond donors (Lipinski definition) is 2. The maximum atomic E-state index is 11.9. The molecule has 5 heteroatoms. The lowest BCUT2D eigenvalue weighted by Gasteiger charge is -2.32. The Morgan fingerprint density at radius 2 is 1.90 bits per heavy atom. The standard InChI is InChI=1S/C16H24BrN3O/c1-13(20-9-3-2-4-10-20)11-18-12-16(21)19-15-7-5-14(17)6-8-15/h5-8,13,18H,2-4,9-12H2,1H3,(H,19,21). The molecule has 0 bridgehead atoms. The van der Waals surface area contributed by atoms with Crippen molar-refractivity contribution in [1.29, 1.82) is 0 Å². The lowest BCUT2D eigenvalue weighted by molar-refractivity contribution is -0.115. The largest absolute Gasteiger partial charge is 0.325 e. The molecule has 1 unspecified atom stereocenters. The van der Waals surface area contributed by atoms with E-state index in [1.807, 2.05) is 24.3 Å². The first-order chi connectivity index (χ1) is 10.1. The van der Waals surface area contributed by atoms with Crippen LogP contribution in [0.5, 0.6) is 0 Å². The molecule has 21 heavy (non-hydrogen) atoms. The van der Waals surface area contributed by atoms with Gasteiger partial charge >= 0.3 is 0 Å². The zero-order valence-electron chi connectivity index (χ0n) is 12.6. The topological polar surface area (TPSA) is 44.4 Å². The molecule has 1 aromatic carbocycles. The number of halogens is 1. The predicted octanol–water partition coefficient (Wildman–Crippen LogP) is 2.85. The molecule has 1 atom stereocenters. The highest BCUT2D eigenvalue weighted by Gasteiger charge is 2.16. The Kier molecular flexibility index (Phi) is 6.67. The van der Waals surface area contributed by atoms with E-state index in [0.717, 1.165) is 16.7 Å². The molecule has 1 saturated heterocycles. The molecule has 0 radical (unpaired) electrons. The number of nitrogens with one attached hydrogen (secondary N) is 2. The summed E-state index contributed by atoms with van der Waals surface area (Å²) in [4.78, 5) is 14.4. The first-order valence-corrected chi connectivity index (χ1v) is 8.44. The van der Waals surface area contributed by atoms with Crippen molar-refractivity contribution in [3.8, 4) is 0 Å². The van der Waals surface area contributed by atoms with Crippen LogP contribution in [0, 0.1) is 0 Å². The van der Waals surface area contributed by atoms with Gasteiger partial charge in [0.1, 0.15) is 0 Å². The van der Waals surface area contributed by atoms with Crippen molar-refractivity contribution in [2.45, 2.75) is 32.2 Å². The van der Waals surface area contributed by atoms with Crippen molar-refractivity contribution in [2.24, 2.45) is 0 Å². The molecule has 116 valence electrons. The van der Waals surface area contributed by atoms with Gasteiger partial charge in [-0.3, -0.25) is 9.69 Å². The number of benzene rings is 1. The zero-order valence-corrected chi connectivity index (χ0v) is 14.2. The summed E-state index contributed by atoms with van der Waals surface area (Å²) in [6.45, 7) is 5.81. The number of carbonyl (C=O) groups excluding carboxylic acids is 1. The van der Waals surface area contributed by atoms with E-state index >= 15 is 0 Å². The first-order valence-electron chi connectivity index (χ1n) is 7.65. The van der Waals surface area contributed by atoms with Gasteiger partial charge < -0.3 is 10.6 Å². The molecule has 4 nitrogen and oxygen atoms in total. The van der Waals surface area contributed by atoms with E-state index in [1.165, 1.54) is 32.4 Å². The lowest BCUT2D eigenvalue weighted by atomic mass is 10.1. The molecular weight excluding hydrogens is 330 g/mol. The number of nitrogens with zero attached hydrogens (tertiary/aromatic N) is 1. The van der Waals surface area contributed by atoms with Crippen molar-refractivity contribution in [3.63, 3.8) is 0 Å². The minimum Gasteiger partial charge on any atom is -0.325 e. The van der Waals surface area contributed by atoms with Gasteiger partial charge in [0.15, 0.2) is 0 Å². The fraction of sp³-hybridized carbons (Fsp3) is 0.562. The predicted molar refractivity (Wildman–Crippen MR) is 90.5 cm³/mol. The molecule has 2 rings (SSSR count). The molecule has 1 amide bonds.